The van der Waals surface area contributed by atoms with Crippen molar-refractivity contribution in [1.82, 2.24) is 4.90 Å². The van der Waals surface area contributed by atoms with E-state index in [1.807, 2.05) is 6.07 Å². The van der Waals surface area contributed by atoms with Gasteiger partial charge in [0.15, 0.2) is 0 Å². The van der Waals surface area contributed by atoms with Crippen molar-refractivity contribution in [3.63, 3.8) is 0 Å². The largest absolute Gasteiger partial charge is 0.478 e. The van der Waals surface area contributed by atoms with E-state index in [9.17, 15) is 9.59 Å². The Kier molecular flexibility index (Phi) is 8.65. The number of nitrogens with zero attached hydrogens (tertiary/aromatic N) is 2. The first kappa shape index (κ1) is 23.2. The summed E-state index contributed by atoms with van der Waals surface area (Å²) in [5, 5.41) is 16.4. The molecule has 0 saturated carbocycles. The number of carboxylic acid groups (broad SMARTS) is 2. The van der Waals surface area contributed by atoms with Gasteiger partial charge in [0, 0.05) is 35.1 Å². The number of hydrogen-bond donors (Lipinski definition) is 2. The molecule has 0 spiro atoms. The van der Waals surface area contributed by atoms with E-state index in [0.717, 1.165) is 24.5 Å². The summed E-state index contributed by atoms with van der Waals surface area (Å²) in [5.41, 5.74) is 4.90. The molecular formula is C23H25ClN2O4. The predicted molar refractivity (Wildman–Crippen MR) is 121 cm³/mol. The molecule has 1 aliphatic heterocycles. The second kappa shape index (κ2) is 11.2. The Bertz CT molecular complexity index is 938. The fraction of sp³-hybridized carbons (Fsp3) is 0.217. The third-order valence-electron chi connectivity index (χ3n) is 4.31. The maximum atomic E-state index is 9.55. The Morgan fingerprint density at radius 3 is 2.17 bits per heavy atom. The van der Waals surface area contributed by atoms with Crippen LogP contribution >= 0.6 is 11.6 Å². The fourth-order valence-corrected chi connectivity index (χ4v) is 3.17. The van der Waals surface area contributed by atoms with Crippen LogP contribution < -0.4 is 4.90 Å². The SMILES string of the molecule is CN(C)CCCN1c2ccccc2C=Cc2ccc(Cl)cc21.O=C(O)C=CC(=O)O. The zero-order valence-corrected chi connectivity index (χ0v) is 17.7. The van der Waals surface area contributed by atoms with Crippen molar-refractivity contribution in [3.8, 4) is 0 Å². The molecule has 0 saturated heterocycles. The molecule has 0 aromatic heterocycles. The minimum Gasteiger partial charge on any atom is -0.478 e. The molecule has 0 fully saturated rings. The van der Waals surface area contributed by atoms with Crippen LogP contribution in [0.3, 0.4) is 0 Å². The number of hydrogen-bond acceptors (Lipinski definition) is 4. The smallest absolute Gasteiger partial charge is 0.328 e. The van der Waals surface area contributed by atoms with Gasteiger partial charge in [-0.05, 0) is 56.4 Å². The number of aliphatic carboxylic acids is 2. The lowest BCUT2D eigenvalue weighted by atomic mass is 10.1. The Balaban J connectivity index is 0.000000343. The first-order valence-corrected chi connectivity index (χ1v) is 9.78. The van der Waals surface area contributed by atoms with Crippen molar-refractivity contribution in [2.45, 2.75) is 6.42 Å². The highest BCUT2D eigenvalue weighted by molar-refractivity contribution is 6.31. The number of rotatable bonds is 6. The van der Waals surface area contributed by atoms with Gasteiger partial charge in [-0.1, -0.05) is 48.0 Å². The molecule has 30 heavy (non-hydrogen) atoms. The molecule has 0 bridgehead atoms. The van der Waals surface area contributed by atoms with E-state index in [4.69, 9.17) is 21.8 Å². The lowest BCUT2D eigenvalue weighted by molar-refractivity contribution is -0.134. The predicted octanol–water partition coefficient (Wildman–Crippen LogP) is 4.63. The van der Waals surface area contributed by atoms with Gasteiger partial charge in [0.25, 0.3) is 0 Å². The molecule has 3 rings (SSSR count). The molecule has 2 N–H and O–H groups in total. The van der Waals surface area contributed by atoms with Gasteiger partial charge >= 0.3 is 11.9 Å². The number of fused-ring (bicyclic) bond motifs is 2. The molecule has 158 valence electrons. The van der Waals surface area contributed by atoms with Crippen molar-refractivity contribution < 1.29 is 19.8 Å². The first-order chi connectivity index (χ1) is 14.3. The number of anilines is 2. The number of halogens is 1. The highest BCUT2D eigenvalue weighted by atomic mass is 35.5. The highest BCUT2D eigenvalue weighted by Gasteiger charge is 2.17. The van der Waals surface area contributed by atoms with E-state index in [-0.39, 0.29) is 0 Å². The van der Waals surface area contributed by atoms with Gasteiger partial charge in [-0.15, -0.1) is 0 Å². The molecule has 0 radical (unpaired) electrons. The first-order valence-electron chi connectivity index (χ1n) is 9.41. The van der Waals surface area contributed by atoms with Crippen LogP contribution in [0.15, 0.2) is 54.6 Å². The van der Waals surface area contributed by atoms with Crippen molar-refractivity contribution >= 4 is 47.1 Å². The molecule has 1 heterocycles. The minimum atomic E-state index is -1.26. The van der Waals surface area contributed by atoms with Crippen molar-refractivity contribution in [2.75, 3.05) is 32.1 Å². The van der Waals surface area contributed by atoms with Gasteiger partial charge in [0.2, 0.25) is 0 Å². The van der Waals surface area contributed by atoms with E-state index >= 15 is 0 Å². The Labute approximate surface area is 181 Å². The molecule has 6 nitrogen and oxygen atoms in total. The van der Waals surface area contributed by atoms with Crippen molar-refractivity contribution in [2.24, 2.45) is 0 Å². The maximum absolute atomic E-state index is 9.55. The topological polar surface area (TPSA) is 81.1 Å². The van der Waals surface area contributed by atoms with Crippen LogP contribution in [0.1, 0.15) is 17.5 Å². The average Bonchev–Trinajstić information content (AvgIpc) is 2.84. The zero-order chi connectivity index (χ0) is 22.1. The van der Waals surface area contributed by atoms with Gasteiger partial charge in [0.1, 0.15) is 0 Å². The molecule has 7 heteroatoms. The van der Waals surface area contributed by atoms with Gasteiger partial charge in [-0.25, -0.2) is 9.59 Å². The van der Waals surface area contributed by atoms with Gasteiger partial charge < -0.3 is 20.0 Å². The van der Waals surface area contributed by atoms with Crippen LogP contribution in [0.5, 0.6) is 0 Å². The van der Waals surface area contributed by atoms with E-state index in [2.05, 4.69) is 72.4 Å². The number of carbonyl (C=O) groups is 2. The van der Waals surface area contributed by atoms with E-state index in [1.165, 1.54) is 22.5 Å². The van der Waals surface area contributed by atoms with Crippen LogP contribution in [0.4, 0.5) is 11.4 Å². The normalized spacial score (nSPS) is 12.1. The summed E-state index contributed by atoms with van der Waals surface area (Å²) in [6, 6.07) is 14.7. The lowest BCUT2D eigenvalue weighted by Gasteiger charge is -2.27. The van der Waals surface area contributed by atoms with E-state index in [0.29, 0.717) is 12.2 Å². The standard InChI is InChI=1S/C19H21ClN2.C4H4O4/c1-21(2)12-5-13-22-18-7-4-3-6-15(18)8-9-16-10-11-17(20)14-19(16)22;5-3(6)1-2-4(7)8/h3-4,6-11,14H,5,12-13H2,1-2H3;1-2H,(H,5,6)(H,7,8). The minimum absolute atomic E-state index is 0.558. The third kappa shape index (κ3) is 7.06. The monoisotopic (exact) mass is 428 g/mol. The van der Waals surface area contributed by atoms with E-state index < -0.39 is 11.9 Å². The summed E-state index contributed by atoms with van der Waals surface area (Å²) in [7, 11) is 4.23. The van der Waals surface area contributed by atoms with Crippen LogP contribution in [0.25, 0.3) is 12.2 Å². The van der Waals surface area contributed by atoms with Gasteiger partial charge in [-0.3, -0.25) is 0 Å². The molecule has 0 aliphatic carbocycles. The summed E-state index contributed by atoms with van der Waals surface area (Å²) in [6.07, 6.45) is 6.59. The molecule has 2 aromatic rings. The van der Waals surface area contributed by atoms with Crippen LogP contribution in [-0.4, -0.2) is 54.2 Å². The number of para-hydroxylation sites is 1. The maximum Gasteiger partial charge on any atom is 0.328 e. The molecule has 0 atom stereocenters. The van der Waals surface area contributed by atoms with Crippen LogP contribution in [-0.2, 0) is 9.59 Å². The fourth-order valence-electron chi connectivity index (χ4n) is 3.00. The molecule has 0 amide bonds. The van der Waals surface area contributed by atoms with Crippen LogP contribution in [0, 0.1) is 0 Å². The lowest BCUT2D eigenvalue weighted by Crippen LogP contribution is -2.24. The van der Waals surface area contributed by atoms with E-state index in [1.54, 1.807) is 0 Å². The average molecular weight is 429 g/mol. The molecule has 2 aromatic carbocycles. The summed E-state index contributed by atoms with van der Waals surface area (Å²) in [5.74, 6) is -2.51. The van der Waals surface area contributed by atoms with Crippen LogP contribution in [0.2, 0.25) is 5.02 Å². The Morgan fingerprint density at radius 2 is 1.57 bits per heavy atom. The summed E-state index contributed by atoms with van der Waals surface area (Å²) in [4.78, 5) is 23.7. The molecule has 1 aliphatic rings. The Morgan fingerprint density at radius 1 is 0.967 bits per heavy atom. The second-order valence-corrected chi connectivity index (χ2v) is 7.35. The molecular weight excluding hydrogens is 404 g/mol. The van der Waals surface area contributed by atoms with Crippen molar-refractivity contribution in [3.05, 3.63) is 70.8 Å². The van der Waals surface area contributed by atoms with Gasteiger partial charge in [-0.2, -0.15) is 0 Å². The summed E-state index contributed by atoms with van der Waals surface area (Å²) >= 11 is 6.25. The Hall–Kier alpha value is -3.09. The summed E-state index contributed by atoms with van der Waals surface area (Å²) < 4.78 is 0. The number of benzene rings is 2. The quantitative estimate of drug-likeness (QED) is 0.653. The van der Waals surface area contributed by atoms with Gasteiger partial charge in [0.05, 0.1) is 0 Å². The third-order valence-corrected chi connectivity index (χ3v) is 4.54. The second-order valence-electron chi connectivity index (χ2n) is 6.91. The molecule has 0 unspecified atom stereocenters. The summed E-state index contributed by atoms with van der Waals surface area (Å²) in [6.45, 7) is 2.05. The highest BCUT2D eigenvalue weighted by Crippen LogP contribution is 2.37. The number of carboxylic acids is 2. The van der Waals surface area contributed by atoms with Crippen molar-refractivity contribution in [1.29, 1.82) is 0 Å². The zero-order valence-electron chi connectivity index (χ0n) is 17.0.